The van der Waals surface area contributed by atoms with Gasteiger partial charge in [0.15, 0.2) is 5.58 Å². The lowest BCUT2D eigenvalue weighted by Gasteiger charge is -2.28. The molecule has 98 valence electrons. The van der Waals surface area contributed by atoms with Gasteiger partial charge in [0.1, 0.15) is 5.52 Å². The van der Waals surface area contributed by atoms with E-state index in [4.69, 9.17) is 10.2 Å². The number of benzene rings is 1. The van der Waals surface area contributed by atoms with Gasteiger partial charge in [0.05, 0.1) is 18.8 Å². The van der Waals surface area contributed by atoms with Gasteiger partial charge in [-0.3, -0.25) is 0 Å². The molecule has 0 fully saturated rings. The largest absolute Gasteiger partial charge is 0.423 e. The smallest absolute Gasteiger partial charge is 0.296 e. The molecule has 0 radical (unpaired) electrons. The molecule has 2 rings (SSSR count). The third-order valence-electron chi connectivity index (χ3n) is 3.07. The molecule has 0 aliphatic rings. The van der Waals surface area contributed by atoms with E-state index >= 15 is 0 Å². The first-order valence-corrected chi connectivity index (χ1v) is 5.78. The molecule has 0 atom stereocenters. The van der Waals surface area contributed by atoms with E-state index in [1.54, 1.807) is 18.2 Å². The second-order valence-corrected chi connectivity index (χ2v) is 4.32. The normalized spacial score (nSPS) is 11.9. The number of aromatic nitrogens is 1. The van der Waals surface area contributed by atoms with Gasteiger partial charge in [-0.05, 0) is 18.6 Å². The van der Waals surface area contributed by atoms with Crippen LogP contribution in [0.5, 0.6) is 0 Å². The van der Waals surface area contributed by atoms with Crippen molar-refractivity contribution in [2.24, 2.45) is 0 Å². The first-order valence-electron chi connectivity index (χ1n) is 5.78. The number of hydrogen-bond acceptors (Lipinski definition) is 6. The number of hydrogen-bond donors (Lipinski definition) is 4. The van der Waals surface area contributed by atoms with Gasteiger partial charge in [0, 0.05) is 11.8 Å². The average Bonchev–Trinajstić information content (AvgIpc) is 2.77. The van der Waals surface area contributed by atoms with E-state index in [1.807, 2.05) is 6.92 Å². The number of aliphatic hydroxyl groups excluding tert-OH is 2. The maximum atomic E-state index is 9.34. The average molecular weight is 251 g/mol. The zero-order chi connectivity index (χ0) is 13.2. The summed E-state index contributed by atoms with van der Waals surface area (Å²) in [5.41, 5.74) is 6.66. The molecule has 0 saturated heterocycles. The Bertz CT molecular complexity index is 526. The van der Waals surface area contributed by atoms with Crippen molar-refractivity contribution >= 4 is 22.8 Å². The van der Waals surface area contributed by atoms with Crippen molar-refractivity contribution in [3.05, 3.63) is 18.2 Å². The summed E-state index contributed by atoms with van der Waals surface area (Å²) in [6.07, 6.45) is 0.543. The summed E-state index contributed by atoms with van der Waals surface area (Å²) in [5, 5.41) is 21.6. The Labute approximate surface area is 104 Å². The van der Waals surface area contributed by atoms with Crippen molar-refractivity contribution in [3.63, 3.8) is 0 Å². The number of oxazole rings is 1. The third kappa shape index (κ3) is 2.25. The minimum atomic E-state index is -0.827. The van der Waals surface area contributed by atoms with Gasteiger partial charge in [-0.25, -0.2) is 0 Å². The maximum Gasteiger partial charge on any atom is 0.296 e. The van der Waals surface area contributed by atoms with Crippen molar-refractivity contribution in [2.75, 3.05) is 24.3 Å². The number of anilines is 2. The highest BCUT2D eigenvalue weighted by atomic mass is 16.4. The minimum Gasteiger partial charge on any atom is -0.423 e. The van der Waals surface area contributed by atoms with Crippen LogP contribution in [0.3, 0.4) is 0 Å². The first kappa shape index (κ1) is 12.7. The highest BCUT2D eigenvalue weighted by Gasteiger charge is 2.28. The molecule has 5 N–H and O–H groups in total. The van der Waals surface area contributed by atoms with E-state index in [1.165, 1.54) is 0 Å². The van der Waals surface area contributed by atoms with E-state index in [9.17, 15) is 10.2 Å². The number of nitrogens with zero attached hydrogens (tertiary/aromatic N) is 1. The Morgan fingerprint density at radius 3 is 2.72 bits per heavy atom. The summed E-state index contributed by atoms with van der Waals surface area (Å²) < 4.78 is 5.49. The molecule has 0 unspecified atom stereocenters. The molecular weight excluding hydrogens is 234 g/mol. The molecule has 0 spiro atoms. The van der Waals surface area contributed by atoms with Crippen LogP contribution >= 0.6 is 0 Å². The first-order chi connectivity index (χ1) is 8.62. The lowest BCUT2D eigenvalue weighted by atomic mass is 9.99. The summed E-state index contributed by atoms with van der Waals surface area (Å²) in [6.45, 7) is 1.45. The zero-order valence-corrected chi connectivity index (χ0v) is 10.2. The van der Waals surface area contributed by atoms with Crippen LogP contribution in [0, 0.1) is 0 Å². The van der Waals surface area contributed by atoms with Crippen LogP contribution in [-0.2, 0) is 0 Å². The molecule has 18 heavy (non-hydrogen) atoms. The maximum absolute atomic E-state index is 9.34. The van der Waals surface area contributed by atoms with Crippen molar-refractivity contribution in [3.8, 4) is 0 Å². The number of fused-ring (bicyclic) bond motifs is 1. The van der Waals surface area contributed by atoms with Gasteiger partial charge >= 0.3 is 0 Å². The Morgan fingerprint density at radius 1 is 1.39 bits per heavy atom. The molecule has 0 aliphatic heterocycles. The van der Waals surface area contributed by atoms with Crippen molar-refractivity contribution in [1.82, 2.24) is 4.98 Å². The van der Waals surface area contributed by atoms with Crippen LogP contribution in [-0.4, -0.2) is 33.9 Å². The van der Waals surface area contributed by atoms with Gasteiger partial charge in [0.2, 0.25) is 0 Å². The minimum absolute atomic E-state index is 0.207. The summed E-state index contributed by atoms with van der Waals surface area (Å²) in [7, 11) is 0. The molecule has 0 saturated carbocycles. The molecule has 0 amide bonds. The summed E-state index contributed by atoms with van der Waals surface area (Å²) in [5.74, 6) is 0. The van der Waals surface area contributed by atoms with Gasteiger partial charge in [-0.1, -0.05) is 6.92 Å². The van der Waals surface area contributed by atoms with Crippen molar-refractivity contribution in [2.45, 2.75) is 18.9 Å². The Balaban J connectivity index is 2.31. The van der Waals surface area contributed by atoms with E-state index < -0.39 is 5.54 Å². The number of aliphatic hydroxyl groups is 2. The molecule has 1 aromatic heterocycles. The molecule has 0 bridgehead atoms. The lowest BCUT2D eigenvalue weighted by molar-refractivity contribution is 0.130. The molecule has 6 nitrogen and oxygen atoms in total. The molecule has 6 heteroatoms. The summed E-state index contributed by atoms with van der Waals surface area (Å²) in [4.78, 5) is 4.23. The third-order valence-corrected chi connectivity index (χ3v) is 3.07. The fraction of sp³-hybridized carbons (Fsp3) is 0.417. The van der Waals surface area contributed by atoms with Crippen LogP contribution in [0.15, 0.2) is 22.6 Å². The van der Waals surface area contributed by atoms with Gasteiger partial charge in [0.25, 0.3) is 6.01 Å². The van der Waals surface area contributed by atoms with E-state index in [0.29, 0.717) is 23.2 Å². The monoisotopic (exact) mass is 251 g/mol. The van der Waals surface area contributed by atoms with Crippen molar-refractivity contribution in [1.29, 1.82) is 0 Å². The highest BCUT2D eigenvalue weighted by molar-refractivity contribution is 5.78. The quantitative estimate of drug-likeness (QED) is 0.590. The second-order valence-electron chi connectivity index (χ2n) is 4.32. The van der Waals surface area contributed by atoms with Crippen LogP contribution in [0.4, 0.5) is 11.7 Å². The zero-order valence-electron chi connectivity index (χ0n) is 10.2. The number of nitrogens with two attached hydrogens (primary N) is 1. The Hall–Kier alpha value is -1.79. The fourth-order valence-electron chi connectivity index (χ4n) is 1.66. The van der Waals surface area contributed by atoms with Crippen LogP contribution < -0.4 is 11.1 Å². The van der Waals surface area contributed by atoms with Crippen LogP contribution in [0.25, 0.3) is 11.1 Å². The molecule has 2 aromatic rings. The standard InChI is InChI=1S/C12H17N3O3/c1-2-12(6-16,7-17)15-11-14-9-4-3-8(13)5-10(9)18-11/h3-5,16-17H,2,6-7,13H2,1H3,(H,14,15). The predicted molar refractivity (Wildman–Crippen MR) is 69.2 cm³/mol. The van der Waals surface area contributed by atoms with E-state index in [0.717, 1.165) is 0 Å². The SMILES string of the molecule is CCC(CO)(CO)Nc1nc2ccc(N)cc2o1. The number of nitrogens with one attached hydrogen (secondary N) is 1. The molecule has 0 aliphatic carbocycles. The summed E-state index contributed by atoms with van der Waals surface area (Å²) in [6, 6.07) is 5.43. The second kappa shape index (κ2) is 4.83. The number of rotatable bonds is 5. The highest BCUT2D eigenvalue weighted by Crippen LogP contribution is 2.24. The fourth-order valence-corrected chi connectivity index (χ4v) is 1.66. The molecular formula is C12H17N3O3. The van der Waals surface area contributed by atoms with Gasteiger partial charge in [-0.2, -0.15) is 4.98 Å². The summed E-state index contributed by atoms with van der Waals surface area (Å²) >= 11 is 0. The Kier molecular flexibility index (Phi) is 3.40. The number of nitrogen functional groups attached to an aromatic ring is 1. The van der Waals surface area contributed by atoms with Gasteiger partial charge in [-0.15, -0.1) is 0 Å². The topological polar surface area (TPSA) is 105 Å². The predicted octanol–water partition coefficient (Wildman–Crippen LogP) is 0.955. The van der Waals surface area contributed by atoms with E-state index in [-0.39, 0.29) is 19.2 Å². The van der Waals surface area contributed by atoms with Crippen molar-refractivity contribution < 1.29 is 14.6 Å². The Morgan fingerprint density at radius 2 is 2.11 bits per heavy atom. The molecule has 1 aromatic carbocycles. The molecule has 1 heterocycles. The van der Waals surface area contributed by atoms with Crippen LogP contribution in [0.2, 0.25) is 0 Å². The lowest BCUT2D eigenvalue weighted by Crippen LogP contribution is -2.45. The van der Waals surface area contributed by atoms with Crippen LogP contribution in [0.1, 0.15) is 13.3 Å². The van der Waals surface area contributed by atoms with Gasteiger partial charge < -0.3 is 25.7 Å². The van der Waals surface area contributed by atoms with E-state index in [2.05, 4.69) is 10.3 Å².